The Kier molecular flexibility index (Phi) is 5.46. The van der Waals surface area contributed by atoms with Crippen molar-refractivity contribution in [3.63, 3.8) is 0 Å². The Morgan fingerprint density at radius 1 is 1.11 bits per heavy atom. The van der Waals surface area contributed by atoms with Crippen LogP contribution in [0.15, 0.2) is 0 Å². The Balaban J connectivity index is 1.97. The van der Waals surface area contributed by atoms with E-state index >= 15 is 0 Å². The molecule has 3 heteroatoms. The number of likely N-dealkylation sites (N-methyl/N-ethyl adjacent to an activating group) is 1. The summed E-state index contributed by atoms with van der Waals surface area (Å²) in [6.07, 6.45) is 6.82. The second-order valence-corrected chi connectivity index (χ2v) is 6.34. The molecule has 2 rings (SSSR count). The summed E-state index contributed by atoms with van der Waals surface area (Å²) in [5.74, 6) is 1.69. The molecule has 1 aliphatic carbocycles. The number of nitrogens with two attached hydrogens (primary N) is 1. The fourth-order valence-corrected chi connectivity index (χ4v) is 3.79. The molecule has 0 aromatic rings. The molecular weight excluding hydrogens is 222 g/mol. The van der Waals surface area contributed by atoms with Crippen LogP contribution in [-0.2, 0) is 0 Å². The highest BCUT2D eigenvalue weighted by atomic mass is 15.2. The van der Waals surface area contributed by atoms with Gasteiger partial charge in [-0.2, -0.15) is 0 Å². The molecule has 0 amide bonds. The lowest BCUT2D eigenvalue weighted by atomic mass is 9.76. The molecule has 1 saturated carbocycles. The van der Waals surface area contributed by atoms with E-state index in [0.717, 1.165) is 24.4 Å². The third-order valence-electron chi connectivity index (χ3n) is 5.17. The van der Waals surface area contributed by atoms with Crippen LogP contribution in [0.1, 0.15) is 39.0 Å². The van der Waals surface area contributed by atoms with Crippen LogP contribution in [0.4, 0.5) is 0 Å². The van der Waals surface area contributed by atoms with E-state index in [0.29, 0.717) is 0 Å². The van der Waals surface area contributed by atoms with Gasteiger partial charge in [0.15, 0.2) is 0 Å². The lowest BCUT2D eigenvalue weighted by Crippen LogP contribution is -2.48. The van der Waals surface area contributed by atoms with Crippen LogP contribution in [0.5, 0.6) is 0 Å². The molecule has 3 nitrogen and oxygen atoms in total. The molecular formula is C15H31N3. The maximum Gasteiger partial charge on any atom is 0.0139 e. The Morgan fingerprint density at radius 3 is 2.67 bits per heavy atom. The van der Waals surface area contributed by atoms with Gasteiger partial charge in [0.1, 0.15) is 0 Å². The lowest BCUT2D eigenvalue weighted by molar-refractivity contribution is 0.0838. The number of nitrogens with zero attached hydrogens (tertiary/aromatic N) is 2. The molecule has 106 valence electrons. The van der Waals surface area contributed by atoms with E-state index in [-0.39, 0.29) is 0 Å². The van der Waals surface area contributed by atoms with Crippen molar-refractivity contribution in [3.05, 3.63) is 0 Å². The molecule has 0 radical (unpaired) electrons. The van der Waals surface area contributed by atoms with Crippen molar-refractivity contribution < 1.29 is 0 Å². The highest BCUT2D eigenvalue weighted by Gasteiger charge is 2.33. The van der Waals surface area contributed by atoms with Crippen molar-refractivity contribution in [2.75, 3.05) is 39.8 Å². The van der Waals surface area contributed by atoms with Crippen molar-refractivity contribution in [2.45, 2.75) is 45.1 Å². The predicted molar refractivity (Wildman–Crippen MR) is 77.7 cm³/mol. The molecule has 3 unspecified atom stereocenters. The largest absolute Gasteiger partial charge is 0.330 e. The minimum atomic E-state index is 0.746. The molecule has 2 fully saturated rings. The fourth-order valence-electron chi connectivity index (χ4n) is 3.79. The molecule has 18 heavy (non-hydrogen) atoms. The van der Waals surface area contributed by atoms with Gasteiger partial charge in [-0.15, -0.1) is 0 Å². The monoisotopic (exact) mass is 253 g/mol. The first-order valence-electron chi connectivity index (χ1n) is 7.87. The second-order valence-electron chi connectivity index (χ2n) is 6.34. The molecule has 0 aromatic heterocycles. The average Bonchev–Trinajstić information content (AvgIpc) is 2.62. The van der Waals surface area contributed by atoms with Crippen LogP contribution in [0, 0.1) is 11.8 Å². The molecule has 1 heterocycles. The van der Waals surface area contributed by atoms with Crippen LogP contribution in [0.3, 0.4) is 0 Å². The number of hydrogen-bond acceptors (Lipinski definition) is 3. The maximum atomic E-state index is 6.02. The Hall–Kier alpha value is -0.120. The van der Waals surface area contributed by atoms with E-state index in [2.05, 4.69) is 23.8 Å². The topological polar surface area (TPSA) is 32.5 Å². The molecule has 2 aliphatic rings. The molecule has 1 saturated heterocycles. The predicted octanol–water partition coefficient (Wildman–Crippen LogP) is 1.78. The Labute approximate surface area is 113 Å². The van der Waals surface area contributed by atoms with Gasteiger partial charge >= 0.3 is 0 Å². The normalized spacial score (nSPS) is 36.5. The molecule has 0 spiro atoms. The summed E-state index contributed by atoms with van der Waals surface area (Å²) >= 11 is 0. The highest BCUT2D eigenvalue weighted by molar-refractivity contribution is 4.88. The minimum absolute atomic E-state index is 0.746. The standard InChI is InChI=1S/C15H31N3/c1-3-13-5-6-14(12-16)15(11-13)18-8-4-7-17(2)9-10-18/h13-15H,3-12,16H2,1-2H3. The van der Waals surface area contributed by atoms with Gasteiger partial charge in [-0.1, -0.05) is 19.8 Å². The molecule has 0 aromatic carbocycles. The van der Waals surface area contributed by atoms with Gasteiger partial charge < -0.3 is 10.6 Å². The molecule has 3 atom stereocenters. The van der Waals surface area contributed by atoms with Crippen molar-refractivity contribution in [2.24, 2.45) is 17.6 Å². The van der Waals surface area contributed by atoms with E-state index in [4.69, 9.17) is 5.73 Å². The SMILES string of the molecule is CCC1CCC(CN)C(N2CCCN(C)CC2)C1. The van der Waals surface area contributed by atoms with Crippen molar-refractivity contribution in [1.82, 2.24) is 9.80 Å². The fraction of sp³-hybridized carbons (Fsp3) is 1.00. The summed E-state index contributed by atoms with van der Waals surface area (Å²) in [6, 6.07) is 0.764. The van der Waals surface area contributed by atoms with Gasteiger partial charge in [0.2, 0.25) is 0 Å². The Morgan fingerprint density at radius 2 is 1.94 bits per heavy atom. The number of hydrogen-bond donors (Lipinski definition) is 1. The zero-order valence-corrected chi connectivity index (χ0v) is 12.3. The third kappa shape index (κ3) is 3.46. The molecule has 2 N–H and O–H groups in total. The lowest BCUT2D eigenvalue weighted by Gasteiger charge is -2.42. The van der Waals surface area contributed by atoms with E-state index < -0.39 is 0 Å². The van der Waals surface area contributed by atoms with Gasteiger partial charge in [-0.3, -0.25) is 4.90 Å². The summed E-state index contributed by atoms with van der Waals surface area (Å²) in [6.45, 7) is 8.24. The van der Waals surface area contributed by atoms with Crippen LogP contribution in [-0.4, -0.2) is 55.6 Å². The van der Waals surface area contributed by atoms with Crippen LogP contribution >= 0.6 is 0 Å². The summed E-state index contributed by atoms with van der Waals surface area (Å²) in [5, 5.41) is 0. The minimum Gasteiger partial charge on any atom is -0.330 e. The highest BCUT2D eigenvalue weighted by Crippen LogP contribution is 2.33. The molecule has 1 aliphatic heterocycles. The summed E-state index contributed by atoms with van der Waals surface area (Å²) in [4.78, 5) is 5.22. The van der Waals surface area contributed by atoms with E-state index in [1.807, 2.05) is 0 Å². The smallest absolute Gasteiger partial charge is 0.0139 e. The Bertz CT molecular complexity index is 244. The van der Waals surface area contributed by atoms with Gasteiger partial charge in [0.05, 0.1) is 0 Å². The summed E-state index contributed by atoms with van der Waals surface area (Å²) in [7, 11) is 2.25. The van der Waals surface area contributed by atoms with E-state index in [1.54, 1.807) is 0 Å². The van der Waals surface area contributed by atoms with E-state index in [9.17, 15) is 0 Å². The van der Waals surface area contributed by atoms with Crippen molar-refractivity contribution >= 4 is 0 Å². The maximum absolute atomic E-state index is 6.02. The van der Waals surface area contributed by atoms with Gasteiger partial charge in [0, 0.05) is 19.1 Å². The summed E-state index contributed by atoms with van der Waals surface area (Å²) in [5.41, 5.74) is 6.02. The van der Waals surface area contributed by atoms with Gasteiger partial charge in [-0.25, -0.2) is 0 Å². The zero-order valence-electron chi connectivity index (χ0n) is 12.3. The quantitative estimate of drug-likeness (QED) is 0.832. The van der Waals surface area contributed by atoms with Crippen molar-refractivity contribution in [1.29, 1.82) is 0 Å². The van der Waals surface area contributed by atoms with Crippen LogP contribution < -0.4 is 5.73 Å². The van der Waals surface area contributed by atoms with Crippen molar-refractivity contribution in [3.8, 4) is 0 Å². The van der Waals surface area contributed by atoms with Crippen LogP contribution in [0.2, 0.25) is 0 Å². The first-order chi connectivity index (χ1) is 8.74. The van der Waals surface area contributed by atoms with Gasteiger partial charge in [0.25, 0.3) is 0 Å². The molecule has 0 bridgehead atoms. The average molecular weight is 253 g/mol. The van der Waals surface area contributed by atoms with E-state index in [1.165, 1.54) is 58.3 Å². The number of rotatable bonds is 3. The summed E-state index contributed by atoms with van der Waals surface area (Å²) < 4.78 is 0. The third-order valence-corrected chi connectivity index (χ3v) is 5.17. The first-order valence-corrected chi connectivity index (χ1v) is 7.87. The van der Waals surface area contributed by atoms with Gasteiger partial charge in [-0.05, 0) is 57.8 Å². The zero-order chi connectivity index (χ0) is 13.0. The first kappa shape index (κ1) is 14.3. The second kappa shape index (κ2) is 6.88. The van der Waals surface area contributed by atoms with Crippen LogP contribution in [0.25, 0.3) is 0 Å².